The molecule has 19 heavy (non-hydrogen) atoms. The van der Waals surface area contributed by atoms with E-state index in [1.54, 1.807) is 13.0 Å². The Labute approximate surface area is 110 Å². The summed E-state index contributed by atoms with van der Waals surface area (Å²) in [5, 5.41) is 13.7. The Balaban J connectivity index is 2.48. The fourth-order valence-corrected chi connectivity index (χ4v) is 1.30. The second kappa shape index (κ2) is 6.03. The molecule has 1 unspecified atom stereocenters. The van der Waals surface area contributed by atoms with Gasteiger partial charge in [-0.05, 0) is 25.5 Å². The second-order valence-electron chi connectivity index (χ2n) is 4.20. The first-order chi connectivity index (χ1) is 8.89. The Kier molecular flexibility index (Phi) is 4.68. The standard InChI is InChI=1S/C12H16N2O5/c1-3-12(2,11(17)18)14-9(15)7-13-10(16)8-5-4-6-19-8/h4-6H,3,7H2,1-2H3,(H,13,16)(H,14,15)(H,17,18). The van der Waals surface area contributed by atoms with Crippen LogP contribution in [-0.4, -0.2) is 35.0 Å². The van der Waals surface area contributed by atoms with E-state index in [0.29, 0.717) is 0 Å². The van der Waals surface area contributed by atoms with E-state index in [1.165, 1.54) is 19.3 Å². The van der Waals surface area contributed by atoms with Gasteiger partial charge in [0.05, 0.1) is 12.8 Å². The first-order valence-corrected chi connectivity index (χ1v) is 5.75. The number of rotatable bonds is 6. The van der Waals surface area contributed by atoms with Crippen molar-refractivity contribution in [3.63, 3.8) is 0 Å². The van der Waals surface area contributed by atoms with Gasteiger partial charge < -0.3 is 20.2 Å². The molecule has 7 heteroatoms. The minimum atomic E-state index is -1.34. The van der Waals surface area contributed by atoms with Crippen LogP contribution >= 0.6 is 0 Å². The molecule has 0 fully saturated rings. The van der Waals surface area contributed by atoms with Gasteiger partial charge in [0.1, 0.15) is 5.54 Å². The lowest BCUT2D eigenvalue weighted by Crippen LogP contribution is -2.54. The number of nitrogens with one attached hydrogen (secondary N) is 2. The highest BCUT2D eigenvalue weighted by Gasteiger charge is 2.32. The zero-order chi connectivity index (χ0) is 14.5. The van der Waals surface area contributed by atoms with Crippen LogP contribution in [0.5, 0.6) is 0 Å². The predicted molar refractivity (Wildman–Crippen MR) is 65.5 cm³/mol. The van der Waals surface area contributed by atoms with Crippen LogP contribution in [0.1, 0.15) is 30.8 Å². The lowest BCUT2D eigenvalue weighted by atomic mass is 9.99. The third kappa shape index (κ3) is 3.84. The first kappa shape index (κ1) is 14.7. The van der Waals surface area contributed by atoms with Gasteiger partial charge in [-0.1, -0.05) is 6.92 Å². The van der Waals surface area contributed by atoms with Crippen LogP contribution in [0.4, 0.5) is 0 Å². The van der Waals surface area contributed by atoms with Gasteiger partial charge in [-0.2, -0.15) is 0 Å². The molecule has 1 rings (SSSR count). The Bertz CT molecular complexity index is 468. The number of amides is 2. The molecular formula is C12H16N2O5. The zero-order valence-electron chi connectivity index (χ0n) is 10.7. The maximum Gasteiger partial charge on any atom is 0.329 e. The van der Waals surface area contributed by atoms with Crippen molar-refractivity contribution < 1.29 is 23.9 Å². The number of carboxylic acid groups (broad SMARTS) is 1. The van der Waals surface area contributed by atoms with E-state index in [0.717, 1.165) is 0 Å². The highest BCUT2D eigenvalue weighted by atomic mass is 16.4. The summed E-state index contributed by atoms with van der Waals surface area (Å²) < 4.78 is 4.85. The summed E-state index contributed by atoms with van der Waals surface area (Å²) >= 11 is 0. The molecule has 0 aliphatic heterocycles. The van der Waals surface area contributed by atoms with Gasteiger partial charge in [0.15, 0.2) is 5.76 Å². The topological polar surface area (TPSA) is 109 Å². The Morgan fingerprint density at radius 2 is 2.11 bits per heavy atom. The zero-order valence-corrected chi connectivity index (χ0v) is 10.7. The van der Waals surface area contributed by atoms with Crippen LogP contribution in [0.15, 0.2) is 22.8 Å². The normalized spacial score (nSPS) is 13.4. The molecule has 0 saturated carbocycles. The van der Waals surface area contributed by atoms with Crippen molar-refractivity contribution >= 4 is 17.8 Å². The van der Waals surface area contributed by atoms with E-state index < -0.39 is 23.3 Å². The van der Waals surface area contributed by atoms with Crippen LogP contribution in [-0.2, 0) is 9.59 Å². The average molecular weight is 268 g/mol. The van der Waals surface area contributed by atoms with Crippen LogP contribution in [0.3, 0.4) is 0 Å². The monoisotopic (exact) mass is 268 g/mol. The SMILES string of the molecule is CCC(C)(NC(=O)CNC(=O)c1ccco1)C(=O)O. The third-order valence-electron chi connectivity index (χ3n) is 2.75. The van der Waals surface area contributed by atoms with Crippen molar-refractivity contribution in [2.45, 2.75) is 25.8 Å². The lowest BCUT2D eigenvalue weighted by Gasteiger charge is -2.24. The van der Waals surface area contributed by atoms with Crippen molar-refractivity contribution in [2.75, 3.05) is 6.54 Å². The van der Waals surface area contributed by atoms with Crippen LogP contribution in [0.2, 0.25) is 0 Å². The van der Waals surface area contributed by atoms with Crippen molar-refractivity contribution in [3.8, 4) is 0 Å². The van der Waals surface area contributed by atoms with Crippen molar-refractivity contribution in [1.29, 1.82) is 0 Å². The smallest absolute Gasteiger partial charge is 0.329 e. The highest BCUT2D eigenvalue weighted by Crippen LogP contribution is 2.08. The van der Waals surface area contributed by atoms with E-state index >= 15 is 0 Å². The average Bonchev–Trinajstić information content (AvgIpc) is 2.89. The lowest BCUT2D eigenvalue weighted by molar-refractivity contribution is -0.146. The minimum Gasteiger partial charge on any atom is -0.480 e. The maximum absolute atomic E-state index is 11.6. The summed E-state index contributed by atoms with van der Waals surface area (Å²) in [4.78, 5) is 34.0. The number of hydrogen-bond donors (Lipinski definition) is 3. The van der Waals surface area contributed by atoms with Crippen LogP contribution in [0, 0.1) is 0 Å². The van der Waals surface area contributed by atoms with Crippen molar-refractivity contribution in [2.24, 2.45) is 0 Å². The van der Waals surface area contributed by atoms with Crippen LogP contribution < -0.4 is 10.6 Å². The Morgan fingerprint density at radius 3 is 2.58 bits per heavy atom. The third-order valence-corrected chi connectivity index (χ3v) is 2.75. The summed E-state index contributed by atoms with van der Waals surface area (Å²) in [6, 6.07) is 3.01. The summed E-state index contributed by atoms with van der Waals surface area (Å²) in [6.07, 6.45) is 1.58. The molecule has 0 radical (unpaired) electrons. The predicted octanol–water partition coefficient (Wildman–Crippen LogP) is 0.379. The van der Waals surface area contributed by atoms with Gasteiger partial charge in [0, 0.05) is 0 Å². The number of carbonyl (C=O) groups is 3. The fraction of sp³-hybridized carbons (Fsp3) is 0.417. The number of aliphatic carboxylic acids is 1. The quantitative estimate of drug-likeness (QED) is 0.691. The molecule has 0 saturated heterocycles. The number of carbonyl (C=O) groups excluding carboxylic acids is 2. The summed E-state index contributed by atoms with van der Waals surface area (Å²) in [7, 11) is 0. The summed E-state index contributed by atoms with van der Waals surface area (Å²) in [5.41, 5.74) is -1.34. The van der Waals surface area contributed by atoms with E-state index in [1.807, 2.05) is 0 Å². The largest absolute Gasteiger partial charge is 0.480 e. The molecule has 1 aromatic rings. The maximum atomic E-state index is 11.6. The first-order valence-electron chi connectivity index (χ1n) is 5.75. The molecule has 1 atom stereocenters. The fourth-order valence-electron chi connectivity index (χ4n) is 1.30. The van der Waals surface area contributed by atoms with Gasteiger partial charge in [0.2, 0.25) is 5.91 Å². The van der Waals surface area contributed by atoms with Gasteiger partial charge in [-0.15, -0.1) is 0 Å². The molecule has 2 amide bonds. The molecule has 0 bridgehead atoms. The minimum absolute atomic E-state index is 0.0873. The Hall–Kier alpha value is -2.31. The molecule has 0 aliphatic rings. The molecular weight excluding hydrogens is 252 g/mol. The van der Waals surface area contributed by atoms with Crippen molar-refractivity contribution in [3.05, 3.63) is 24.2 Å². The molecule has 1 heterocycles. The van der Waals surface area contributed by atoms with Gasteiger partial charge in [-0.25, -0.2) is 4.79 Å². The molecule has 1 aromatic heterocycles. The van der Waals surface area contributed by atoms with E-state index in [9.17, 15) is 14.4 Å². The van der Waals surface area contributed by atoms with E-state index in [-0.39, 0.29) is 18.7 Å². The highest BCUT2D eigenvalue weighted by molar-refractivity contribution is 5.95. The number of furan rings is 1. The summed E-state index contributed by atoms with van der Waals surface area (Å²) in [6.45, 7) is 2.74. The van der Waals surface area contributed by atoms with Gasteiger partial charge in [0.25, 0.3) is 5.91 Å². The van der Waals surface area contributed by atoms with Gasteiger partial charge >= 0.3 is 5.97 Å². The van der Waals surface area contributed by atoms with E-state index in [2.05, 4.69) is 10.6 Å². The number of carboxylic acids is 1. The van der Waals surface area contributed by atoms with Gasteiger partial charge in [-0.3, -0.25) is 9.59 Å². The molecule has 104 valence electrons. The molecule has 3 N–H and O–H groups in total. The second-order valence-corrected chi connectivity index (χ2v) is 4.20. The van der Waals surface area contributed by atoms with Crippen molar-refractivity contribution in [1.82, 2.24) is 10.6 Å². The molecule has 0 aromatic carbocycles. The number of hydrogen-bond acceptors (Lipinski definition) is 4. The Morgan fingerprint density at radius 1 is 1.42 bits per heavy atom. The molecule has 7 nitrogen and oxygen atoms in total. The molecule has 0 aliphatic carbocycles. The van der Waals surface area contributed by atoms with Crippen LogP contribution in [0.25, 0.3) is 0 Å². The summed E-state index contributed by atoms with van der Waals surface area (Å²) in [5.74, 6) is -2.15. The molecule has 0 spiro atoms. The van der Waals surface area contributed by atoms with E-state index in [4.69, 9.17) is 9.52 Å².